The molecule has 2 rings (SSSR count). The van der Waals surface area contributed by atoms with Crippen LogP contribution in [-0.4, -0.2) is 71.0 Å². The molecule has 1 fully saturated rings. The topological polar surface area (TPSA) is 87.9 Å². The van der Waals surface area contributed by atoms with E-state index in [0.29, 0.717) is 10.0 Å². The summed E-state index contributed by atoms with van der Waals surface area (Å²) in [6.45, 7) is 3.63. The van der Waals surface area contributed by atoms with Gasteiger partial charge in [-0.05, 0) is 13.1 Å². The average Bonchev–Trinajstić information content (AvgIpc) is 2.60. The summed E-state index contributed by atoms with van der Waals surface area (Å²) in [5.74, 6) is 0.175. The van der Waals surface area contributed by atoms with E-state index < -0.39 is 4.92 Å². The Morgan fingerprint density at radius 1 is 1.40 bits per heavy atom. The van der Waals surface area contributed by atoms with Crippen molar-refractivity contribution in [2.75, 3.05) is 51.4 Å². The van der Waals surface area contributed by atoms with Crippen LogP contribution in [0.15, 0.2) is 18.2 Å². The second-order valence-electron chi connectivity index (χ2n) is 5.53. The number of non-ortho nitro benzene ring substituents is 1. The highest BCUT2D eigenvalue weighted by Crippen LogP contribution is 2.29. The molecular weight excluding hydrogens is 364 g/mol. The van der Waals surface area contributed by atoms with Crippen molar-refractivity contribution >= 4 is 45.6 Å². The summed E-state index contributed by atoms with van der Waals surface area (Å²) >= 11 is 6.69. The third-order valence-electron chi connectivity index (χ3n) is 3.76. The molecule has 1 amide bonds. The molecule has 1 N–H and O–H groups in total. The minimum Gasteiger partial charge on any atom is -0.494 e. The molecule has 1 aliphatic rings. The number of anilines is 1. The molecule has 0 spiro atoms. The number of thioether (sulfide) groups is 1. The number of carbonyl (C=O) groups excluding carboxylic acids is 1. The number of nitrogens with one attached hydrogen (secondary N) is 1. The lowest BCUT2D eigenvalue weighted by Gasteiger charge is -2.33. The molecule has 10 heteroatoms. The quantitative estimate of drug-likeness (QED) is 0.467. The van der Waals surface area contributed by atoms with Gasteiger partial charge in [0.1, 0.15) is 10.1 Å². The highest BCUT2D eigenvalue weighted by molar-refractivity contribution is 8.23. The Bertz CT molecular complexity index is 663. The molecule has 0 aliphatic carbocycles. The van der Waals surface area contributed by atoms with Gasteiger partial charge in [-0.3, -0.25) is 14.9 Å². The summed E-state index contributed by atoms with van der Waals surface area (Å²) in [5.41, 5.74) is 0.296. The van der Waals surface area contributed by atoms with E-state index in [1.807, 2.05) is 0 Å². The SMILES string of the molecule is COc1cc([N+](=O)[O-])ccc1NC(=O)CSC(=S)N1CCN(C)CC1. The Morgan fingerprint density at radius 2 is 2.08 bits per heavy atom. The van der Waals surface area contributed by atoms with Crippen LogP contribution in [0.5, 0.6) is 5.75 Å². The van der Waals surface area contributed by atoms with Crippen LogP contribution in [0.4, 0.5) is 11.4 Å². The number of amides is 1. The largest absolute Gasteiger partial charge is 0.494 e. The predicted octanol–water partition coefficient (Wildman–Crippen LogP) is 1.81. The Kier molecular flexibility index (Phi) is 6.97. The van der Waals surface area contributed by atoms with E-state index in [1.165, 1.54) is 37.1 Å². The zero-order valence-corrected chi connectivity index (χ0v) is 15.7. The van der Waals surface area contributed by atoms with Gasteiger partial charge in [0.15, 0.2) is 0 Å². The first-order valence-corrected chi connectivity index (χ1v) is 9.02. The van der Waals surface area contributed by atoms with E-state index in [2.05, 4.69) is 22.2 Å². The molecule has 8 nitrogen and oxygen atoms in total. The number of nitro benzene ring substituents is 1. The van der Waals surface area contributed by atoms with E-state index in [-0.39, 0.29) is 23.1 Å². The fraction of sp³-hybridized carbons (Fsp3) is 0.467. The number of nitro groups is 1. The number of methoxy groups -OCH3 is 1. The standard InChI is InChI=1S/C15H20N4O4S2/c1-17-5-7-18(8-6-17)15(24)25-10-14(20)16-12-4-3-11(19(21)22)9-13(12)23-2/h3-4,9H,5-8,10H2,1-2H3,(H,16,20). The van der Waals surface area contributed by atoms with Gasteiger partial charge in [0.05, 0.1) is 29.5 Å². The normalized spacial score (nSPS) is 14.9. The van der Waals surface area contributed by atoms with E-state index >= 15 is 0 Å². The fourth-order valence-corrected chi connectivity index (χ4v) is 3.34. The number of carbonyl (C=O) groups is 1. The van der Waals surface area contributed by atoms with Crippen LogP contribution in [0.1, 0.15) is 0 Å². The van der Waals surface area contributed by atoms with E-state index in [9.17, 15) is 14.9 Å². The molecule has 136 valence electrons. The molecule has 1 saturated heterocycles. The van der Waals surface area contributed by atoms with Crippen molar-refractivity contribution in [3.05, 3.63) is 28.3 Å². The summed E-state index contributed by atoms with van der Waals surface area (Å²) in [6.07, 6.45) is 0. The molecule has 1 aromatic rings. The number of hydrogen-bond acceptors (Lipinski definition) is 7. The van der Waals surface area contributed by atoms with Gasteiger partial charge < -0.3 is 19.9 Å². The number of rotatable bonds is 5. The molecule has 0 radical (unpaired) electrons. The van der Waals surface area contributed by atoms with Gasteiger partial charge in [-0.15, -0.1) is 0 Å². The van der Waals surface area contributed by atoms with Gasteiger partial charge in [0.2, 0.25) is 5.91 Å². The van der Waals surface area contributed by atoms with Crippen LogP contribution in [-0.2, 0) is 4.79 Å². The molecule has 1 aliphatic heterocycles. The van der Waals surface area contributed by atoms with Crippen molar-refractivity contribution in [1.82, 2.24) is 9.80 Å². The third kappa shape index (κ3) is 5.55. The Balaban J connectivity index is 1.87. The Labute approximate surface area is 155 Å². The van der Waals surface area contributed by atoms with Crippen molar-refractivity contribution in [2.45, 2.75) is 0 Å². The van der Waals surface area contributed by atoms with Gasteiger partial charge in [-0.1, -0.05) is 24.0 Å². The predicted molar refractivity (Wildman–Crippen MR) is 102 cm³/mol. The smallest absolute Gasteiger partial charge is 0.273 e. The van der Waals surface area contributed by atoms with Crippen molar-refractivity contribution < 1.29 is 14.5 Å². The summed E-state index contributed by atoms with van der Waals surface area (Å²) in [6, 6.07) is 4.05. The number of hydrogen-bond donors (Lipinski definition) is 1. The first kappa shape index (κ1) is 19.4. The van der Waals surface area contributed by atoms with E-state index in [1.54, 1.807) is 0 Å². The summed E-state index contributed by atoms with van der Waals surface area (Å²) in [4.78, 5) is 26.7. The molecular formula is C15H20N4O4S2. The second kappa shape index (κ2) is 8.97. The lowest BCUT2D eigenvalue weighted by molar-refractivity contribution is -0.384. The van der Waals surface area contributed by atoms with Crippen molar-refractivity contribution in [3.8, 4) is 5.75 Å². The lowest BCUT2D eigenvalue weighted by Crippen LogP contribution is -2.46. The van der Waals surface area contributed by atoms with Crippen molar-refractivity contribution in [3.63, 3.8) is 0 Å². The van der Waals surface area contributed by atoms with Crippen LogP contribution < -0.4 is 10.1 Å². The molecule has 1 aromatic carbocycles. The summed E-state index contributed by atoms with van der Waals surface area (Å²) < 4.78 is 5.81. The molecule has 0 saturated carbocycles. The lowest BCUT2D eigenvalue weighted by atomic mass is 10.2. The Morgan fingerprint density at radius 3 is 2.68 bits per heavy atom. The first-order valence-electron chi connectivity index (χ1n) is 7.63. The van der Waals surface area contributed by atoms with Crippen molar-refractivity contribution in [2.24, 2.45) is 0 Å². The van der Waals surface area contributed by atoms with Gasteiger partial charge in [0.25, 0.3) is 5.69 Å². The zero-order valence-electron chi connectivity index (χ0n) is 14.1. The molecule has 1 heterocycles. The van der Waals surface area contributed by atoms with Crippen LogP contribution in [0.25, 0.3) is 0 Å². The summed E-state index contributed by atoms with van der Waals surface area (Å²) in [5, 5.41) is 13.5. The Hall–Kier alpha value is -1.91. The molecule has 0 bridgehead atoms. The minimum absolute atomic E-state index is 0.0968. The number of ether oxygens (including phenoxy) is 1. The van der Waals surface area contributed by atoms with E-state index in [4.69, 9.17) is 17.0 Å². The first-order chi connectivity index (χ1) is 11.9. The molecule has 0 aromatic heterocycles. The number of nitrogens with zero attached hydrogens (tertiary/aromatic N) is 3. The number of benzene rings is 1. The van der Waals surface area contributed by atoms with Crippen LogP contribution in [0, 0.1) is 10.1 Å². The maximum Gasteiger partial charge on any atom is 0.273 e. The monoisotopic (exact) mass is 384 g/mol. The number of thiocarbonyl (C=S) groups is 1. The molecule has 25 heavy (non-hydrogen) atoms. The number of piperazine rings is 1. The zero-order chi connectivity index (χ0) is 18.4. The van der Waals surface area contributed by atoms with Crippen LogP contribution in [0.3, 0.4) is 0 Å². The maximum atomic E-state index is 12.1. The van der Waals surface area contributed by atoms with Crippen molar-refractivity contribution in [1.29, 1.82) is 0 Å². The van der Waals surface area contributed by atoms with Gasteiger partial charge in [-0.2, -0.15) is 0 Å². The van der Waals surface area contributed by atoms with Crippen LogP contribution in [0.2, 0.25) is 0 Å². The van der Waals surface area contributed by atoms with Gasteiger partial charge >= 0.3 is 0 Å². The molecule has 0 atom stereocenters. The summed E-state index contributed by atoms with van der Waals surface area (Å²) in [7, 11) is 3.46. The van der Waals surface area contributed by atoms with E-state index in [0.717, 1.165) is 26.2 Å². The average molecular weight is 384 g/mol. The fourth-order valence-electron chi connectivity index (χ4n) is 2.29. The number of likely N-dealkylation sites (N-methyl/N-ethyl adjacent to an activating group) is 1. The maximum absolute atomic E-state index is 12.1. The highest BCUT2D eigenvalue weighted by Gasteiger charge is 2.18. The van der Waals surface area contributed by atoms with Gasteiger partial charge in [0, 0.05) is 32.2 Å². The van der Waals surface area contributed by atoms with Crippen LogP contribution >= 0.6 is 24.0 Å². The minimum atomic E-state index is -0.515. The van der Waals surface area contributed by atoms with Gasteiger partial charge in [-0.25, -0.2) is 0 Å². The third-order valence-corrected chi connectivity index (χ3v) is 5.28. The second-order valence-corrected chi connectivity index (χ2v) is 7.14. The molecule has 0 unspecified atom stereocenters. The highest BCUT2D eigenvalue weighted by atomic mass is 32.2.